The van der Waals surface area contributed by atoms with Crippen molar-refractivity contribution < 1.29 is 18.3 Å². The standard InChI is InChI=1S/C9H7ClF2INO2/c1-2-16-9(15)7-5(13)3-4(10)6(14-7)8(11)12/h3,8H,2H2,1H3. The van der Waals surface area contributed by atoms with Gasteiger partial charge in [0.25, 0.3) is 6.43 Å². The third-order valence-corrected chi connectivity index (χ3v) is 2.76. The molecule has 0 spiro atoms. The highest BCUT2D eigenvalue weighted by Crippen LogP contribution is 2.28. The van der Waals surface area contributed by atoms with Crippen LogP contribution in [-0.2, 0) is 4.74 Å². The van der Waals surface area contributed by atoms with E-state index in [-0.39, 0.29) is 17.3 Å². The lowest BCUT2D eigenvalue weighted by molar-refractivity contribution is 0.0516. The molecular formula is C9H7ClF2INO2. The molecule has 0 aliphatic rings. The summed E-state index contributed by atoms with van der Waals surface area (Å²) >= 11 is 7.37. The maximum absolute atomic E-state index is 12.5. The van der Waals surface area contributed by atoms with Crippen LogP contribution in [0.25, 0.3) is 0 Å². The van der Waals surface area contributed by atoms with Gasteiger partial charge in [-0.2, -0.15) is 0 Å². The minimum absolute atomic E-state index is 0.137. The van der Waals surface area contributed by atoms with Crippen molar-refractivity contribution in [1.82, 2.24) is 4.98 Å². The number of carbonyl (C=O) groups is 1. The van der Waals surface area contributed by atoms with Gasteiger partial charge in [-0.25, -0.2) is 18.6 Å². The van der Waals surface area contributed by atoms with Crippen LogP contribution in [0.1, 0.15) is 29.5 Å². The Morgan fingerprint density at radius 3 is 2.81 bits per heavy atom. The maximum Gasteiger partial charge on any atom is 0.358 e. The maximum atomic E-state index is 12.5. The second-order valence-corrected chi connectivity index (χ2v) is 4.28. The molecule has 88 valence electrons. The third kappa shape index (κ3) is 3.00. The topological polar surface area (TPSA) is 39.2 Å². The van der Waals surface area contributed by atoms with E-state index in [2.05, 4.69) is 9.72 Å². The Labute approximate surface area is 109 Å². The van der Waals surface area contributed by atoms with Crippen molar-refractivity contribution >= 4 is 40.2 Å². The fourth-order valence-electron chi connectivity index (χ4n) is 0.976. The summed E-state index contributed by atoms with van der Waals surface area (Å²) in [6.45, 7) is 1.78. The summed E-state index contributed by atoms with van der Waals surface area (Å²) in [7, 11) is 0. The van der Waals surface area contributed by atoms with E-state index >= 15 is 0 Å². The van der Waals surface area contributed by atoms with Crippen molar-refractivity contribution in [3.8, 4) is 0 Å². The highest BCUT2D eigenvalue weighted by atomic mass is 127. The average molecular weight is 362 g/mol. The summed E-state index contributed by atoms with van der Waals surface area (Å²) < 4.78 is 30.0. The summed E-state index contributed by atoms with van der Waals surface area (Å²) in [5, 5.41) is -0.160. The van der Waals surface area contributed by atoms with Gasteiger partial charge in [0.1, 0.15) is 5.69 Å². The predicted octanol–water partition coefficient (Wildman–Crippen LogP) is 3.45. The predicted molar refractivity (Wildman–Crippen MR) is 62.9 cm³/mol. The number of alkyl halides is 2. The van der Waals surface area contributed by atoms with E-state index in [1.165, 1.54) is 6.07 Å². The van der Waals surface area contributed by atoms with E-state index in [4.69, 9.17) is 11.6 Å². The van der Waals surface area contributed by atoms with Gasteiger partial charge in [-0.05, 0) is 35.6 Å². The lowest BCUT2D eigenvalue weighted by Crippen LogP contribution is -2.11. The Hall–Kier alpha value is -0.500. The van der Waals surface area contributed by atoms with Gasteiger partial charge < -0.3 is 4.74 Å². The smallest absolute Gasteiger partial charge is 0.358 e. The normalized spacial score (nSPS) is 10.6. The van der Waals surface area contributed by atoms with Gasteiger partial charge in [0.2, 0.25) is 0 Å². The first-order chi connectivity index (χ1) is 7.47. The fourth-order valence-corrected chi connectivity index (χ4v) is 2.05. The van der Waals surface area contributed by atoms with Crippen LogP contribution in [0.2, 0.25) is 5.02 Å². The first-order valence-corrected chi connectivity index (χ1v) is 5.74. The van der Waals surface area contributed by atoms with Gasteiger partial charge in [0, 0.05) is 3.57 Å². The number of rotatable bonds is 3. The number of hydrogen-bond donors (Lipinski definition) is 0. The molecule has 0 amide bonds. The number of ether oxygens (including phenoxy) is 1. The molecule has 0 aliphatic carbocycles. The molecule has 0 saturated carbocycles. The average Bonchev–Trinajstić information content (AvgIpc) is 2.17. The van der Waals surface area contributed by atoms with Crippen molar-refractivity contribution in [2.75, 3.05) is 6.61 Å². The van der Waals surface area contributed by atoms with Gasteiger partial charge in [-0.15, -0.1) is 0 Å². The van der Waals surface area contributed by atoms with Crippen LogP contribution in [0, 0.1) is 3.57 Å². The molecule has 0 radical (unpaired) electrons. The number of nitrogens with zero attached hydrogens (tertiary/aromatic N) is 1. The molecule has 1 rings (SSSR count). The van der Waals surface area contributed by atoms with E-state index in [9.17, 15) is 13.6 Å². The molecule has 0 atom stereocenters. The van der Waals surface area contributed by atoms with Crippen molar-refractivity contribution in [3.63, 3.8) is 0 Å². The SMILES string of the molecule is CCOC(=O)c1nc(C(F)F)c(Cl)cc1I. The largest absolute Gasteiger partial charge is 0.461 e. The first kappa shape index (κ1) is 13.6. The zero-order chi connectivity index (χ0) is 12.3. The number of aromatic nitrogens is 1. The Morgan fingerprint density at radius 1 is 1.69 bits per heavy atom. The second-order valence-electron chi connectivity index (χ2n) is 2.71. The molecular weight excluding hydrogens is 354 g/mol. The van der Waals surface area contributed by atoms with Crippen LogP contribution in [0.3, 0.4) is 0 Å². The lowest BCUT2D eigenvalue weighted by atomic mass is 10.3. The molecule has 1 aromatic rings. The zero-order valence-electron chi connectivity index (χ0n) is 8.14. The van der Waals surface area contributed by atoms with E-state index in [0.717, 1.165) is 0 Å². The highest BCUT2D eigenvalue weighted by Gasteiger charge is 2.21. The molecule has 1 aromatic heterocycles. The molecule has 7 heteroatoms. The van der Waals surface area contributed by atoms with Gasteiger partial charge in [0.15, 0.2) is 5.69 Å². The van der Waals surface area contributed by atoms with Crippen LogP contribution in [0.5, 0.6) is 0 Å². The van der Waals surface area contributed by atoms with Crippen LogP contribution in [-0.4, -0.2) is 17.6 Å². The van der Waals surface area contributed by atoms with Crippen LogP contribution in [0.15, 0.2) is 6.07 Å². The van der Waals surface area contributed by atoms with E-state index in [1.54, 1.807) is 29.5 Å². The molecule has 0 saturated heterocycles. The van der Waals surface area contributed by atoms with E-state index in [1.807, 2.05) is 0 Å². The number of pyridine rings is 1. The minimum Gasteiger partial charge on any atom is -0.461 e. The first-order valence-electron chi connectivity index (χ1n) is 4.28. The van der Waals surface area contributed by atoms with Gasteiger partial charge in [-0.1, -0.05) is 11.6 Å². The lowest BCUT2D eigenvalue weighted by Gasteiger charge is -2.07. The molecule has 0 unspecified atom stereocenters. The van der Waals surface area contributed by atoms with Crippen molar-refractivity contribution in [2.24, 2.45) is 0 Å². The van der Waals surface area contributed by atoms with Gasteiger partial charge in [-0.3, -0.25) is 0 Å². The molecule has 0 aromatic carbocycles. The number of hydrogen-bond acceptors (Lipinski definition) is 3. The van der Waals surface area contributed by atoms with Crippen molar-refractivity contribution in [3.05, 3.63) is 26.0 Å². The van der Waals surface area contributed by atoms with Crippen molar-refractivity contribution in [1.29, 1.82) is 0 Å². The van der Waals surface area contributed by atoms with Crippen LogP contribution < -0.4 is 0 Å². The Balaban J connectivity index is 3.19. The molecule has 0 aliphatic heterocycles. The van der Waals surface area contributed by atoms with Crippen LogP contribution in [0.4, 0.5) is 8.78 Å². The van der Waals surface area contributed by atoms with Gasteiger partial charge in [0.05, 0.1) is 11.6 Å². The Bertz CT molecular complexity index is 415. The van der Waals surface area contributed by atoms with Crippen molar-refractivity contribution in [2.45, 2.75) is 13.3 Å². The Morgan fingerprint density at radius 2 is 2.31 bits per heavy atom. The fraction of sp³-hybridized carbons (Fsp3) is 0.333. The highest BCUT2D eigenvalue weighted by molar-refractivity contribution is 14.1. The molecule has 3 nitrogen and oxygen atoms in total. The van der Waals surface area contributed by atoms with Gasteiger partial charge >= 0.3 is 5.97 Å². The number of esters is 1. The second kappa shape index (κ2) is 5.72. The van der Waals surface area contributed by atoms with E-state index < -0.39 is 18.1 Å². The monoisotopic (exact) mass is 361 g/mol. The summed E-state index contributed by atoms with van der Waals surface area (Å²) in [4.78, 5) is 14.9. The summed E-state index contributed by atoms with van der Waals surface area (Å²) in [5.41, 5.74) is -0.743. The third-order valence-electron chi connectivity index (χ3n) is 1.63. The summed E-state index contributed by atoms with van der Waals surface area (Å²) in [5.74, 6) is -0.731. The number of halogens is 4. The minimum atomic E-state index is -2.82. The number of carbonyl (C=O) groups excluding carboxylic acids is 1. The van der Waals surface area contributed by atoms with Crippen LogP contribution >= 0.6 is 34.2 Å². The zero-order valence-corrected chi connectivity index (χ0v) is 11.1. The van der Waals surface area contributed by atoms with E-state index in [0.29, 0.717) is 3.57 Å². The molecule has 1 heterocycles. The quantitative estimate of drug-likeness (QED) is 0.611. The molecule has 16 heavy (non-hydrogen) atoms. The molecule has 0 N–H and O–H groups in total. The molecule has 0 fully saturated rings. The molecule has 0 bridgehead atoms. The summed E-state index contributed by atoms with van der Waals surface area (Å²) in [6, 6.07) is 1.27. The summed E-state index contributed by atoms with van der Waals surface area (Å²) in [6.07, 6.45) is -2.82. The Kier molecular flexibility index (Phi) is 4.85.